The van der Waals surface area contributed by atoms with E-state index >= 15 is 0 Å². The Hall–Kier alpha value is -1.36. The number of allylic oxidation sites excluding steroid dienone is 1. The second-order valence-electron chi connectivity index (χ2n) is 15.1. The van der Waals surface area contributed by atoms with Gasteiger partial charge in [-0.2, -0.15) is 0 Å². The van der Waals surface area contributed by atoms with Crippen molar-refractivity contribution in [1.82, 2.24) is 4.90 Å². The number of carbonyl (C=O) groups is 2. The van der Waals surface area contributed by atoms with Gasteiger partial charge in [-0.1, -0.05) is 105 Å². The largest absolute Gasteiger partial charge is 0.462 e. The number of fused-ring (bicyclic) bond motifs is 1. The first-order valence-corrected chi connectivity index (χ1v) is 17.1. The van der Waals surface area contributed by atoms with Crippen LogP contribution in [0, 0.1) is 34.0 Å². The molecule has 0 radical (unpaired) electrons. The first kappa shape index (κ1) is 34.1. The zero-order valence-electron chi connectivity index (χ0n) is 27.8. The number of hydrogen-bond donors (Lipinski definition) is 0. The van der Waals surface area contributed by atoms with Gasteiger partial charge >= 0.3 is 11.9 Å². The molecule has 0 heterocycles. The van der Waals surface area contributed by atoms with Crippen LogP contribution in [0.3, 0.4) is 0 Å². The molecule has 3 fully saturated rings. The zero-order chi connectivity index (χ0) is 30.1. The molecule has 0 aliphatic heterocycles. The second-order valence-corrected chi connectivity index (χ2v) is 15.1. The third kappa shape index (κ3) is 10.1. The van der Waals surface area contributed by atoms with Gasteiger partial charge in [0.25, 0.3) is 0 Å². The molecule has 0 aromatic heterocycles. The monoisotopic (exact) mass is 573 g/mol. The minimum Gasteiger partial charge on any atom is -0.462 e. The molecule has 0 amide bonds. The summed E-state index contributed by atoms with van der Waals surface area (Å²) >= 11 is 0. The molecule has 0 N–H and O–H groups in total. The van der Waals surface area contributed by atoms with Crippen molar-refractivity contribution in [3.05, 3.63) is 12.2 Å². The Balaban J connectivity index is 1.44. The van der Waals surface area contributed by atoms with Crippen LogP contribution in [0.2, 0.25) is 0 Å². The van der Waals surface area contributed by atoms with E-state index in [1.165, 1.54) is 57.8 Å². The summed E-state index contributed by atoms with van der Waals surface area (Å²) in [5.41, 5.74) is -0.196. The van der Waals surface area contributed by atoms with Gasteiger partial charge in [-0.3, -0.25) is 9.59 Å². The van der Waals surface area contributed by atoms with E-state index in [1.54, 1.807) is 0 Å². The van der Waals surface area contributed by atoms with Gasteiger partial charge in [-0.15, -0.1) is 0 Å². The lowest BCUT2D eigenvalue weighted by Gasteiger charge is -2.29. The van der Waals surface area contributed by atoms with Gasteiger partial charge in [0.15, 0.2) is 0 Å². The minimum atomic E-state index is -0.0826. The van der Waals surface area contributed by atoms with Gasteiger partial charge in [0, 0.05) is 11.8 Å². The van der Waals surface area contributed by atoms with Gasteiger partial charge in [-0.25, -0.2) is 0 Å². The number of nitrogens with zero attached hydrogens (tertiary/aromatic N) is 1. The third-order valence-electron chi connectivity index (χ3n) is 10.9. The van der Waals surface area contributed by atoms with E-state index in [0.717, 1.165) is 51.0 Å². The van der Waals surface area contributed by atoms with Crippen LogP contribution in [0.5, 0.6) is 0 Å². The molecule has 3 aliphatic carbocycles. The molecule has 0 aromatic rings. The van der Waals surface area contributed by atoms with Gasteiger partial charge in [0.05, 0.1) is 5.41 Å². The highest BCUT2D eigenvalue weighted by Crippen LogP contribution is 2.75. The van der Waals surface area contributed by atoms with Gasteiger partial charge in [-0.05, 0) is 82.3 Å². The smallest absolute Gasteiger partial charge is 0.312 e. The number of ether oxygens (including phenoxy) is 2. The van der Waals surface area contributed by atoms with Crippen molar-refractivity contribution in [1.29, 1.82) is 0 Å². The minimum absolute atomic E-state index is 0.00394. The Kier molecular flexibility index (Phi) is 12.8. The van der Waals surface area contributed by atoms with E-state index in [1.807, 2.05) is 20.2 Å². The van der Waals surface area contributed by atoms with Crippen molar-refractivity contribution in [2.45, 2.75) is 143 Å². The lowest BCUT2D eigenvalue weighted by molar-refractivity contribution is -0.154. The average molecular weight is 574 g/mol. The van der Waals surface area contributed by atoms with Crippen LogP contribution in [-0.4, -0.2) is 50.2 Å². The molecule has 0 aromatic carbocycles. The normalized spacial score (nSPS) is 30.1. The highest BCUT2D eigenvalue weighted by atomic mass is 16.5. The highest BCUT2D eigenvalue weighted by molar-refractivity contribution is 5.85. The van der Waals surface area contributed by atoms with E-state index in [2.05, 4.69) is 45.6 Å². The summed E-state index contributed by atoms with van der Waals surface area (Å²) in [5, 5.41) is 0. The van der Waals surface area contributed by atoms with Crippen LogP contribution in [-0.2, 0) is 19.1 Å². The second kappa shape index (κ2) is 15.4. The Morgan fingerprint density at radius 2 is 1.54 bits per heavy atom. The summed E-state index contributed by atoms with van der Waals surface area (Å²) in [7, 11) is 4.08. The molecule has 0 saturated heterocycles. The van der Waals surface area contributed by atoms with E-state index in [0.29, 0.717) is 24.9 Å². The van der Waals surface area contributed by atoms with Crippen molar-refractivity contribution in [3.63, 3.8) is 0 Å². The molecule has 3 saturated carbocycles. The fourth-order valence-corrected chi connectivity index (χ4v) is 6.96. The Labute approximate surface area is 252 Å². The molecule has 0 spiro atoms. The molecule has 5 unspecified atom stereocenters. The summed E-state index contributed by atoms with van der Waals surface area (Å²) < 4.78 is 11.8. The van der Waals surface area contributed by atoms with Crippen molar-refractivity contribution in [2.75, 3.05) is 27.2 Å². The predicted molar refractivity (Wildman–Crippen MR) is 169 cm³/mol. The van der Waals surface area contributed by atoms with Crippen LogP contribution >= 0.6 is 0 Å². The summed E-state index contributed by atoms with van der Waals surface area (Å²) in [4.78, 5) is 27.2. The molecule has 41 heavy (non-hydrogen) atoms. The molecule has 0 bridgehead atoms. The summed E-state index contributed by atoms with van der Waals surface area (Å²) in [6.07, 6.45) is 22.6. The van der Waals surface area contributed by atoms with Crippen molar-refractivity contribution >= 4 is 11.9 Å². The van der Waals surface area contributed by atoms with Crippen LogP contribution in [0.4, 0.5) is 0 Å². The summed E-state index contributed by atoms with van der Waals surface area (Å²) in [6, 6.07) is 0. The van der Waals surface area contributed by atoms with Crippen LogP contribution in [0.15, 0.2) is 12.2 Å². The maximum absolute atomic E-state index is 12.9. The van der Waals surface area contributed by atoms with E-state index in [4.69, 9.17) is 9.47 Å². The topological polar surface area (TPSA) is 55.8 Å². The van der Waals surface area contributed by atoms with E-state index in [-0.39, 0.29) is 34.3 Å². The third-order valence-corrected chi connectivity index (χ3v) is 10.9. The molecular formula is C36H63NO4. The SMILES string of the molecule is CCCCCCCC(C)CCCC(C)CCC(OC(=O)CCCN(C)C)C1(C)CC1(C)/C=C\COC(=O)C12CC1C2. The van der Waals surface area contributed by atoms with Gasteiger partial charge in [0.1, 0.15) is 12.7 Å². The molecule has 236 valence electrons. The number of esters is 2. The fourth-order valence-electron chi connectivity index (χ4n) is 6.96. The van der Waals surface area contributed by atoms with Gasteiger partial charge < -0.3 is 14.4 Å². The maximum Gasteiger partial charge on any atom is 0.312 e. The fraction of sp³-hybridized carbons (Fsp3) is 0.889. The highest BCUT2D eigenvalue weighted by Gasteiger charge is 2.75. The number of rotatable bonds is 23. The van der Waals surface area contributed by atoms with Crippen LogP contribution < -0.4 is 0 Å². The quantitative estimate of drug-likeness (QED) is 0.0695. The first-order chi connectivity index (χ1) is 19.5. The molecule has 5 atom stereocenters. The lowest BCUT2D eigenvalue weighted by atomic mass is 9.85. The van der Waals surface area contributed by atoms with Crippen molar-refractivity contribution in [2.24, 2.45) is 34.0 Å². The molecule has 5 nitrogen and oxygen atoms in total. The Morgan fingerprint density at radius 1 is 0.902 bits per heavy atom. The van der Waals surface area contributed by atoms with Crippen LogP contribution in [0.25, 0.3) is 0 Å². The van der Waals surface area contributed by atoms with Crippen LogP contribution in [0.1, 0.15) is 137 Å². The molecular weight excluding hydrogens is 510 g/mol. The number of carbonyl (C=O) groups excluding carboxylic acids is 2. The zero-order valence-corrected chi connectivity index (χ0v) is 27.8. The Morgan fingerprint density at radius 3 is 2.17 bits per heavy atom. The lowest BCUT2D eigenvalue weighted by Crippen LogP contribution is -2.31. The van der Waals surface area contributed by atoms with Crippen molar-refractivity contribution in [3.8, 4) is 0 Å². The average Bonchev–Trinajstić information content (AvgIpc) is 3.83. The van der Waals surface area contributed by atoms with Gasteiger partial charge in [0.2, 0.25) is 0 Å². The van der Waals surface area contributed by atoms with E-state index < -0.39 is 0 Å². The van der Waals surface area contributed by atoms with Crippen molar-refractivity contribution < 1.29 is 19.1 Å². The number of unbranched alkanes of at least 4 members (excludes halogenated alkanes) is 4. The number of hydrogen-bond acceptors (Lipinski definition) is 5. The maximum atomic E-state index is 12.9. The summed E-state index contributed by atoms with van der Waals surface area (Å²) in [5.74, 6) is 2.01. The first-order valence-electron chi connectivity index (χ1n) is 17.1. The molecule has 3 rings (SSSR count). The molecule has 3 aliphatic rings. The molecule has 5 heteroatoms. The predicted octanol–water partition coefficient (Wildman–Crippen LogP) is 8.75. The standard InChI is InChI=1S/C36H63NO4/c1-8-9-10-11-12-16-28(2)17-13-18-29(3)20-21-31(41-32(38)19-14-23-37(6)7)35(5)27-34(35,4)22-15-24-40-33(39)36-25-30(36)26-36/h15,22,28-31H,8-14,16-21,23-27H2,1-7H3/b22-15-. The van der Waals surface area contributed by atoms with E-state index in [9.17, 15) is 9.59 Å². The summed E-state index contributed by atoms with van der Waals surface area (Å²) in [6.45, 7) is 12.9. The Bertz CT molecular complexity index is 862.